The average molecular weight is 485 g/mol. The number of benzene rings is 1. The molecule has 0 aliphatic carbocycles. The van der Waals surface area contributed by atoms with Gasteiger partial charge in [0.25, 0.3) is 0 Å². The summed E-state index contributed by atoms with van der Waals surface area (Å²) in [4.78, 5) is 14.6. The molecule has 0 radical (unpaired) electrons. The average Bonchev–Trinajstić information content (AvgIpc) is 3.20. The molecule has 0 saturated heterocycles. The zero-order chi connectivity index (χ0) is 24.1. The number of nitrogens with zero attached hydrogens (tertiary/aromatic N) is 2. The van der Waals surface area contributed by atoms with Crippen molar-refractivity contribution in [2.75, 3.05) is 6.61 Å². The molecule has 3 aromatic rings. The Morgan fingerprint density at radius 2 is 1.81 bits per heavy atom. The minimum absolute atomic E-state index is 0.0256. The number of halogens is 6. The molecule has 0 spiro atoms. The van der Waals surface area contributed by atoms with Crippen LogP contribution < -0.4 is 4.18 Å². The number of aromatic nitrogens is 3. The maximum Gasteiger partial charge on any atom is 0.534 e. The van der Waals surface area contributed by atoms with Gasteiger partial charge in [-0.3, -0.25) is 4.68 Å². The van der Waals surface area contributed by atoms with E-state index in [1.54, 1.807) is 0 Å². The van der Waals surface area contributed by atoms with Crippen LogP contribution in [0.3, 0.4) is 0 Å². The van der Waals surface area contributed by atoms with Gasteiger partial charge in [0.1, 0.15) is 5.56 Å². The smallest absolute Gasteiger partial charge is 0.462 e. The third kappa shape index (κ3) is 4.24. The van der Waals surface area contributed by atoms with Crippen molar-refractivity contribution in [3.8, 4) is 17.1 Å². The molecule has 2 aromatic heterocycles. The van der Waals surface area contributed by atoms with E-state index in [-0.39, 0.29) is 28.8 Å². The Morgan fingerprint density at radius 1 is 1.16 bits per heavy atom. The van der Waals surface area contributed by atoms with Crippen LogP contribution >= 0.6 is 0 Å². The predicted molar refractivity (Wildman–Crippen MR) is 97.1 cm³/mol. The number of H-pyrrole nitrogens is 1. The number of fused-ring (bicyclic) bond motifs is 1. The second-order valence-corrected chi connectivity index (χ2v) is 7.87. The molecule has 0 atom stereocenters. The molecule has 174 valence electrons. The first-order valence-corrected chi connectivity index (χ1v) is 10.0. The van der Waals surface area contributed by atoms with Gasteiger partial charge in [-0.2, -0.15) is 39.9 Å². The summed E-state index contributed by atoms with van der Waals surface area (Å²) in [5.41, 5.74) is -7.57. The van der Waals surface area contributed by atoms with Crippen LogP contribution in [0.15, 0.2) is 24.3 Å². The highest BCUT2D eigenvalue weighted by atomic mass is 32.2. The quantitative estimate of drug-likeness (QED) is 0.254. The fourth-order valence-electron chi connectivity index (χ4n) is 2.83. The van der Waals surface area contributed by atoms with Crippen LogP contribution in [0.5, 0.6) is 5.88 Å². The first-order valence-electron chi connectivity index (χ1n) is 8.61. The van der Waals surface area contributed by atoms with Gasteiger partial charge in [0.15, 0.2) is 5.69 Å². The molecule has 0 fully saturated rings. The van der Waals surface area contributed by atoms with Crippen molar-refractivity contribution in [3.05, 3.63) is 35.5 Å². The number of nitrogens with one attached hydrogen (secondary N) is 1. The van der Waals surface area contributed by atoms with Crippen LogP contribution in [0.1, 0.15) is 23.0 Å². The summed E-state index contributed by atoms with van der Waals surface area (Å²) in [6.45, 7) is 1.20. The SMILES string of the molecule is CCOC(=O)c1c(OS(=O)(=O)C(F)(F)F)[nH]c2ccc(-c3cc(C(F)(F)F)nn3C)cc12. The van der Waals surface area contributed by atoms with Gasteiger partial charge in [-0.15, -0.1) is 0 Å². The number of carbonyl (C=O) groups is 1. The molecule has 1 aromatic carbocycles. The van der Waals surface area contributed by atoms with Gasteiger partial charge in [0.05, 0.1) is 12.3 Å². The van der Waals surface area contributed by atoms with Crippen molar-refractivity contribution >= 4 is 27.0 Å². The molecule has 15 heteroatoms. The lowest BCUT2D eigenvalue weighted by molar-refractivity contribution is -0.141. The number of alkyl halides is 6. The number of rotatable bonds is 5. The van der Waals surface area contributed by atoms with Crippen molar-refractivity contribution in [3.63, 3.8) is 0 Å². The van der Waals surface area contributed by atoms with E-state index in [1.165, 1.54) is 32.2 Å². The van der Waals surface area contributed by atoms with Crippen molar-refractivity contribution in [1.29, 1.82) is 0 Å². The van der Waals surface area contributed by atoms with Crippen molar-refractivity contribution in [2.45, 2.75) is 18.6 Å². The Labute approximate surface area is 175 Å². The summed E-state index contributed by atoms with van der Waals surface area (Å²) in [7, 11) is -4.89. The summed E-state index contributed by atoms with van der Waals surface area (Å²) < 4.78 is 110. The molecule has 32 heavy (non-hydrogen) atoms. The highest BCUT2D eigenvalue weighted by Gasteiger charge is 2.49. The summed E-state index contributed by atoms with van der Waals surface area (Å²) in [5, 5.41) is 3.23. The molecular weight excluding hydrogens is 472 g/mol. The van der Waals surface area contributed by atoms with Crippen molar-refractivity contribution in [1.82, 2.24) is 14.8 Å². The van der Waals surface area contributed by atoms with Gasteiger partial charge < -0.3 is 13.9 Å². The number of aromatic amines is 1. The van der Waals surface area contributed by atoms with E-state index in [9.17, 15) is 39.6 Å². The third-order valence-electron chi connectivity index (χ3n) is 4.19. The van der Waals surface area contributed by atoms with Gasteiger partial charge in [-0.1, -0.05) is 6.07 Å². The predicted octanol–water partition coefficient (Wildman–Crippen LogP) is 3.99. The number of carbonyl (C=O) groups excluding carboxylic acids is 1. The Morgan fingerprint density at radius 3 is 2.34 bits per heavy atom. The maximum atomic E-state index is 13.0. The van der Waals surface area contributed by atoms with Crippen LogP contribution in [-0.2, 0) is 28.1 Å². The number of esters is 1. The van der Waals surface area contributed by atoms with E-state index in [2.05, 4.69) is 14.3 Å². The topological polar surface area (TPSA) is 103 Å². The van der Waals surface area contributed by atoms with Gasteiger partial charge in [0.2, 0.25) is 5.88 Å². The molecule has 0 unspecified atom stereocenters. The van der Waals surface area contributed by atoms with Crippen molar-refractivity contribution in [2.24, 2.45) is 7.05 Å². The summed E-state index contributed by atoms with van der Waals surface area (Å²) in [6.07, 6.45) is -4.72. The first-order chi connectivity index (χ1) is 14.7. The molecule has 2 heterocycles. The van der Waals surface area contributed by atoms with Gasteiger partial charge in [-0.05, 0) is 25.1 Å². The number of hydrogen-bond acceptors (Lipinski definition) is 6. The second-order valence-electron chi connectivity index (χ2n) is 6.33. The number of aryl methyl sites for hydroxylation is 1. The van der Waals surface area contributed by atoms with Crippen LogP contribution in [0, 0.1) is 0 Å². The normalized spacial score (nSPS) is 12.9. The molecular formula is C17H13F6N3O5S. The van der Waals surface area contributed by atoms with Gasteiger partial charge >= 0.3 is 27.8 Å². The molecule has 8 nitrogen and oxygen atoms in total. The Hall–Kier alpha value is -3.23. The summed E-state index contributed by atoms with van der Waals surface area (Å²) in [6, 6.07) is 4.43. The zero-order valence-corrected chi connectivity index (χ0v) is 16.9. The van der Waals surface area contributed by atoms with Crippen LogP contribution in [0.2, 0.25) is 0 Å². The molecule has 0 bridgehead atoms. The Bertz CT molecular complexity index is 1290. The fourth-order valence-corrected chi connectivity index (χ4v) is 3.27. The molecule has 0 amide bonds. The number of hydrogen-bond donors (Lipinski definition) is 1. The Kier molecular flexibility index (Phi) is 5.65. The highest BCUT2D eigenvalue weighted by Crippen LogP contribution is 2.37. The Balaban J connectivity index is 2.20. The number of ether oxygens (including phenoxy) is 1. The lowest BCUT2D eigenvalue weighted by Crippen LogP contribution is -2.28. The molecule has 0 aliphatic rings. The van der Waals surface area contributed by atoms with Gasteiger partial charge in [-0.25, -0.2) is 4.79 Å². The first kappa shape index (κ1) is 23.4. The lowest BCUT2D eigenvalue weighted by atomic mass is 10.1. The molecule has 0 aliphatic heterocycles. The molecule has 0 saturated carbocycles. The van der Waals surface area contributed by atoms with E-state index in [4.69, 9.17) is 4.74 Å². The summed E-state index contributed by atoms with van der Waals surface area (Å²) in [5.74, 6) is -2.25. The van der Waals surface area contributed by atoms with E-state index in [1.807, 2.05) is 0 Å². The molecule has 3 rings (SSSR count). The van der Waals surface area contributed by atoms with Crippen LogP contribution in [0.4, 0.5) is 26.3 Å². The highest BCUT2D eigenvalue weighted by molar-refractivity contribution is 7.88. The van der Waals surface area contributed by atoms with Gasteiger partial charge in [0, 0.05) is 23.5 Å². The van der Waals surface area contributed by atoms with E-state index >= 15 is 0 Å². The van der Waals surface area contributed by atoms with Crippen molar-refractivity contribution < 1.29 is 48.5 Å². The fraction of sp³-hybridized carbons (Fsp3) is 0.294. The summed E-state index contributed by atoms with van der Waals surface area (Å²) >= 11 is 0. The maximum absolute atomic E-state index is 13.0. The van der Waals surface area contributed by atoms with Crippen LogP contribution in [-0.4, -0.2) is 41.3 Å². The third-order valence-corrected chi connectivity index (χ3v) is 5.14. The van der Waals surface area contributed by atoms with E-state index in [0.29, 0.717) is 0 Å². The van der Waals surface area contributed by atoms with E-state index in [0.717, 1.165) is 10.7 Å². The second kappa shape index (κ2) is 7.72. The van der Waals surface area contributed by atoms with E-state index < -0.39 is 44.9 Å². The standard InChI is InChI=1S/C17H13F6N3O5S/c1-3-30-15(27)13-9-6-8(11-7-12(16(18,19)20)25-26(11)2)4-5-10(9)24-14(13)31-32(28,29)17(21,22)23/h4-7,24H,3H2,1-2H3. The molecule has 1 N–H and O–H groups in total. The monoisotopic (exact) mass is 485 g/mol. The minimum Gasteiger partial charge on any atom is -0.462 e. The largest absolute Gasteiger partial charge is 0.534 e. The van der Waals surface area contributed by atoms with Crippen LogP contribution in [0.25, 0.3) is 22.2 Å². The minimum atomic E-state index is -6.13. The zero-order valence-electron chi connectivity index (χ0n) is 16.1. The lowest BCUT2D eigenvalue weighted by Gasteiger charge is -2.09.